The van der Waals surface area contributed by atoms with Gasteiger partial charge in [-0.2, -0.15) is 0 Å². The molecule has 1 aromatic heterocycles. The molecule has 0 spiro atoms. The molecule has 0 aliphatic rings. The van der Waals surface area contributed by atoms with Crippen molar-refractivity contribution in [2.45, 2.75) is 0 Å². The summed E-state index contributed by atoms with van der Waals surface area (Å²) in [6.45, 7) is 0. The Morgan fingerprint density at radius 3 is 1.45 bits per heavy atom. The van der Waals surface area contributed by atoms with Gasteiger partial charge in [0, 0.05) is 10.8 Å². The van der Waals surface area contributed by atoms with E-state index in [2.05, 4.69) is 188 Å². The molecule has 0 aliphatic heterocycles. The van der Waals surface area contributed by atoms with Gasteiger partial charge in [-0.15, -0.1) is 0 Å². The highest BCUT2D eigenvalue weighted by Crippen LogP contribution is 2.50. The molecule has 1 nitrogen and oxygen atoms in total. The van der Waals surface area contributed by atoms with Crippen LogP contribution in [0.5, 0.6) is 0 Å². The average Bonchev–Trinajstić information content (AvgIpc) is 3.60. The van der Waals surface area contributed by atoms with Crippen molar-refractivity contribution in [1.29, 1.82) is 0 Å². The molecular weight excluding hydrogens is 641 g/mol. The maximum atomic E-state index is 6.47. The van der Waals surface area contributed by atoms with Gasteiger partial charge in [-0.05, 0) is 112 Å². The van der Waals surface area contributed by atoms with E-state index < -0.39 is 0 Å². The van der Waals surface area contributed by atoms with Crippen LogP contribution in [0.4, 0.5) is 0 Å². The highest BCUT2D eigenvalue weighted by Gasteiger charge is 2.23. The van der Waals surface area contributed by atoms with Gasteiger partial charge in [0.1, 0.15) is 11.2 Å². The van der Waals surface area contributed by atoms with Gasteiger partial charge < -0.3 is 4.42 Å². The summed E-state index contributed by atoms with van der Waals surface area (Å²) in [4.78, 5) is 0. The third-order valence-electron chi connectivity index (χ3n) is 11.1. The lowest BCUT2D eigenvalue weighted by molar-refractivity contribution is 0.669. The van der Waals surface area contributed by atoms with Crippen molar-refractivity contribution in [3.8, 4) is 44.5 Å². The van der Waals surface area contributed by atoms with E-state index in [1.807, 2.05) is 6.07 Å². The van der Waals surface area contributed by atoms with Crippen LogP contribution in [-0.4, -0.2) is 0 Å². The average molecular weight is 673 g/mol. The molecule has 0 saturated carbocycles. The molecule has 11 aromatic rings. The number of rotatable bonds is 4. The van der Waals surface area contributed by atoms with Gasteiger partial charge in [-0.25, -0.2) is 0 Å². The SMILES string of the molecule is c1ccc(-c2cc3oc4ccccc4c3cc2-c2c3ccccc3c(-c3ccccc3-c3cc4ccccc4c4ccccc34)c3ccccc23)cc1. The molecular formula is C52H32O. The van der Waals surface area contributed by atoms with Crippen LogP contribution in [0.2, 0.25) is 0 Å². The van der Waals surface area contributed by atoms with E-state index in [1.165, 1.54) is 76.5 Å². The molecule has 0 fully saturated rings. The van der Waals surface area contributed by atoms with Crippen molar-refractivity contribution in [2.24, 2.45) is 0 Å². The Hall–Kier alpha value is -6.96. The van der Waals surface area contributed by atoms with Crippen molar-refractivity contribution in [3.05, 3.63) is 194 Å². The predicted molar refractivity (Wildman–Crippen MR) is 225 cm³/mol. The monoisotopic (exact) mass is 672 g/mol. The van der Waals surface area contributed by atoms with Crippen LogP contribution in [0.3, 0.4) is 0 Å². The fraction of sp³-hybridized carbons (Fsp3) is 0. The summed E-state index contributed by atoms with van der Waals surface area (Å²) in [5.41, 5.74) is 11.5. The number of para-hydroxylation sites is 1. The zero-order valence-corrected chi connectivity index (χ0v) is 28.9. The quantitative estimate of drug-likeness (QED) is 0.134. The van der Waals surface area contributed by atoms with Gasteiger partial charge in [0.25, 0.3) is 0 Å². The first-order valence-electron chi connectivity index (χ1n) is 18.3. The Morgan fingerprint density at radius 2 is 0.755 bits per heavy atom. The first-order valence-corrected chi connectivity index (χ1v) is 18.3. The lowest BCUT2D eigenvalue weighted by Crippen LogP contribution is -1.94. The van der Waals surface area contributed by atoms with Crippen LogP contribution >= 0.6 is 0 Å². The zero-order valence-electron chi connectivity index (χ0n) is 28.9. The van der Waals surface area contributed by atoms with E-state index in [-0.39, 0.29) is 0 Å². The number of hydrogen-bond acceptors (Lipinski definition) is 1. The highest BCUT2D eigenvalue weighted by molar-refractivity contribution is 6.25. The first kappa shape index (κ1) is 29.7. The maximum Gasteiger partial charge on any atom is 0.136 e. The lowest BCUT2D eigenvalue weighted by Gasteiger charge is -2.21. The summed E-state index contributed by atoms with van der Waals surface area (Å²) in [6, 6.07) is 70.6. The third kappa shape index (κ3) is 4.58. The summed E-state index contributed by atoms with van der Waals surface area (Å²) < 4.78 is 6.47. The van der Waals surface area contributed by atoms with Crippen molar-refractivity contribution >= 4 is 65.0 Å². The van der Waals surface area contributed by atoms with Crippen LogP contribution in [0.1, 0.15) is 0 Å². The predicted octanol–water partition coefficient (Wildman–Crippen LogP) is 14.9. The first-order chi connectivity index (χ1) is 26.3. The van der Waals surface area contributed by atoms with Gasteiger partial charge in [0.05, 0.1) is 0 Å². The molecule has 1 heteroatoms. The van der Waals surface area contributed by atoms with Crippen molar-refractivity contribution in [3.63, 3.8) is 0 Å². The van der Waals surface area contributed by atoms with Crippen LogP contribution in [0.15, 0.2) is 199 Å². The van der Waals surface area contributed by atoms with Crippen molar-refractivity contribution in [2.75, 3.05) is 0 Å². The summed E-state index contributed by atoms with van der Waals surface area (Å²) in [5.74, 6) is 0. The molecule has 0 aliphatic carbocycles. The minimum Gasteiger partial charge on any atom is -0.456 e. The zero-order chi connectivity index (χ0) is 34.9. The molecule has 1 heterocycles. The molecule has 0 unspecified atom stereocenters. The second kappa shape index (κ2) is 11.8. The van der Waals surface area contributed by atoms with E-state index in [4.69, 9.17) is 4.42 Å². The molecule has 0 atom stereocenters. The van der Waals surface area contributed by atoms with Gasteiger partial charge in [0.15, 0.2) is 0 Å². The number of furan rings is 1. The van der Waals surface area contributed by atoms with Crippen molar-refractivity contribution in [1.82, 2.24) is 0 Å². The molecule has 0 N–H and O–H groups in total. The van der Waals surface area contributed by atoms with Gasteiger partial charge in [-0.3, -0.25) is 0 Å². The van der Waals surface area contributed by atoms with E-state index in [1.54, 1.807) is 0 Å². The molecule has 0 bridgehead atoms. The number of benzene rings is 10. The third-order valence-corrected chi connectivity index (χ3v) is 11.1. The fourth-order valence-corrected chi connectivity index (χ4v) is 8.76. The molecule has 246 valence electrons. The van der Waals surface area contributed by atoms with Crippen molar-refractivity contribution < 1.29 is 4.42 Å². The molecule has 0 radical (unpaired) electrons. The smallest absolute Gasteiger partial charge is 0.136 e. The van der Waals surface area contributed by atoms with Crippen LogP contribution in [-0.2, 0) is 0 Å². The topological polar surface area (TPSA) is 13.1 Å². The standard InChI is InChI=1S/C52H32O/c1-2-16-33(17-3-1)45-32-50-47(39-23-14-15-29-49(39)53-50)31-48(45)52-43-27-12-10-25-41(43)51(42-26-11-13-28-44(42)52)40-24-9-8-22-38(40)46-30-34-18-4-5-19-35(34)36-20-6-7-21-37(36)46/h1-32H. The molecule has 11 rings (SSSR count). The molecule has 10 aromatic carbocycles. The minimum absolute atomic E-state index is 0.899. The van der Waals surface area contributed by atoms with Gasteiger partial charge >= 0.3 is 0 Å². The van der Waals surface area contributed by atoms with E-state index in [0.29, 0.717) is 0 Å². The number of fused-ring (bicyclic) bond motifs is 8. The van der Waals surface area contributed by atoms with E-state index in [9.17, 15) is 0 Å². The summed E-state index contributed by atoms with van der Waals surface area (Å²) in [6.07, 6.45) is 0. The highest BCUT2D eigenvalue weighted by atomic mass is 16.3. The van der Waals surface area contributed by atoms with Gasteiger partial charge in [0.2, 0.25) is 0 Å². The molecule has 53 heavy (non-hydrogen) atoms. The molecule has 0 amide bonds. The summed E-state index contributed by atoms with van der Waals surface area (Å²) in [7, 11) is 0. The normalized spacial score (nSPS) is 11.8. The Labute approximate surface area is 307 Å². The van der Waals surface area contributed by atoms with Gasteiger partial charge in [-0.1, -0.05) is 170 Å². The Bertz CT molecular complexity index is 3160. The Kier molecular flexibility index (Phi) is 6.62. The summed E-state index contributed by atoms with van der Waals surface area (Å²) >= 11 is 0. The second-order valence-electron chi connectivity index (χ2n) is 13.9. The number of hydrogen-bond donors (Lipinski definition) is 0. The lowest BCUT2D eigenvalue weighted by atomic mass is 9.81. The summed E-state index contributed by atoms with van der Waals surface area (Å²) in [5, 5.41) is 12.2. The van der Waals surface area contributed by atoms with E-state index >= 15 is 0 Å². The Morgan fingerprint density at radius 1 is 0.245 bits per heavy atom. The maximum absolute atomic E-state index is 6.47. The van der Waals surface area contributed by atoms with Crippen LogP contribution in [0.25, 0.3) is 110 Å². The fourth-order valence-electron chi connectivity index (χ4n) is 8.76. The second-order valence-corrected chi connectivity index (χ2v) is 13.9. The Balaban J connectivity index is 1.26. The minimum atomic E-state index is 0.899. The molecule has 0 saturated heterocycles. The van der Waals surface area contributed by atoms with Crippen LogP contribution in [0, 0.1) is 0 Å². The van der Waals surface area contributed by atoms with Crippen LogP contribution < -0.4 is 0 Å². The largest absolute Gasteiger partial charge is 0.456 e. The van der Waals surface area contributed by atoms with E-state index in [0.717, 1.165) is 33.1 Å².